The molecule has 4 nitrogen and oxygen atoms in total. The molecule has 1 aromatic carbocycles. The highest BCUT2D eigenvalue weighted by Gasteiger charge is 2.31. The van der Waals surface area contributed by atoms with Crippen LogP contribution in [0.5, 0.6) is 0 Å². The summed E-state index contributed by atoms with van der Waals surface area (Å²) in [4.78, 5) is -0.456. The third-order valence-electron chi connectivity index (χ3n) is 3.75. The Morgan fingerprint density at radius 1 is 1.43 bits per heavy atom. The summed E-state index contributed by atoms with van der Waals surface area (Å²) < 4.78 is 41.0. The highest BCUT2D eigenvalue weighted by atomic mass is 79.9. The van der Waals surface area contributed by atoms with E-state index in [0.717, 1.165) is 25.3 Å². The first kappa shape index (κ1) is 17.0. The first-order valence-corrected chi connectivity index (χ1v) is 9.29. The summed E-state index contributed by atoms with van der Waals surface area (Å²) in [6.45, 7) is 2.86. The van der Waals surface area contributed by atoms with Gasteiger partial charge in [-0.3, -0.25) is 0 Å². The van der Waals surface area contributed by atoms with Crippen LogP contribution in [-0.4, -0.2) is 25.8 Å². The Bertz CT molecular complexity index is 654. The van der Waals surface area contributed by atoms with Crippen LogP contribution >= 0.6 is 27.5 Å². The fourth-order valence-corrected chi connectivity index (χ4v) is 4.56. The van der Waals surface area contributed by atoms with Crippen molar-refractivity contribution in [2.45, 2.75) is 31.1 Å². The van der Waals surface area contributed by atoms with Crippen molar-refractivity contribution >= 4 is 43.2 Å². The van der Waals surface area contributed by atoms with Crippen LogP contribution in [0, 0.1) is 11.7 Å². The minimum Gasteiger partial charge on any atom is -0.395 e. The fourth-order valence-electron chi connectivity index (χ4n) is 2.40. The molecule has 1 heterocycles. The Kier molecular flexibility index (Phi) is 5.18. The summed E-state index contributed by atoms with van der Waals surface area (Å²) in [6.07, 6.45) is 2.50. The van der Waals surface area contributed by atoms with Crippen LogP contribution in [0.15, 0.2) is 15.4 Å². The van der Waals surface area contributed by atoms with Gasteiger partial charge >= 0.3 is 0 Å². The average molecular weight is 400 g/mol. The summed E-state index contributed by atoms with van der Waals surface area (Å²) in [6, 6.07) is 1.11. The maximum atomic E-state index is 14.3. The average Bonchev–Trinajstić information content (AvgIpc) is 2.65. The van der Waals surface area contributed by atoms with Gasteiger partial charge in [0, 0.05) is 13.1 Å². The molecule has 1 fully saturated rings. The molecule has 1 aliphatic heterocycles. The first-order valence-electron chi connectivity index (χ1n) is 6.68. The van der Waals surface area contributed by atoms with Gasteiger partial charge in [0.25, 0.3) is 0 Å². The highest BCUT2D eigenvalue weighted by Crippen LogP contribution is 2.36. The van der Waals surface area contributed by atoms with E-state index in [9.17, 15) is 12.8 Å². The lowest BCUT2D eigenvalue weighted by molar-refractivity contribution is 0.413. The van der Waals surface area contributed by atoms with Gasteiger partial charge in [-0.05, 0) is 47.2 Å². The van der Waals surface area contributed by atoms with E-state index in [1.165, 1.54) is 4.31 Å². The molecule has 21 heavy (non-hydrogen) atoms. The van der Waals surface area contributed by atoms with Gasteiger partial charge in [0.2, 0.25) is 10.0 Å². The molecule has 0 aliphatic carbocycles. The van der Waals surface area contributed by atoms with Gasteiger partial charge in [0.1, 0.15) is 4.90 Å². The number of nitrogen functional groups attached to an aromatic ring is 1. The minimum absolute atomic E-state index is 0.0793. The molecule has 1 atom stereocenters. The van der Waals surface area contributed by atoms with Crippen molar-refractivity contribution < 1.29 is 12.8 Å². The van der Waals surface area contributed by atoms with Gasteiger partial charge in [0.05, 0.1) is 15.2 Å². The monoisotopic (exact) mass is 398 g/mol. The molecule has 1 unspecified atom stereocenters. The van der Waals surface area contributed by atoms with Crippen molar-refractivity contribution in [1.82, 2.24) is 4.31 Å². The van der Waals surface area contributed by atoms with E-state index in [1.54, 1.807) is 0 Å². The molecule has 1 saturated heterocycles. The predicted molar refractivity (Wildman–Crippen MR) is 85.3 cm³/mol. The molecule has 0 bridgehead atoms. The second kappa shape index (κ2) is 6.40. The van der Waals surface area contributed by atoms with Gasteiger partial charge in [-0.1, -0.05) is 18.5 Å². The zero-order valence-electron chi connectivity index (χ0n) is 11.6. The predicted octanol–water partition coefficient (Wildman–Crippen LogP) is 3.63. The van der Waals surface area contributed by atoms with Crippen molar-refractivity contribution in [3.63, 3.8) is 0 Å². The van der Waals surface area contributed by atoms with E-state index < -0.39 is 20.7 Å². The maximum Gasteiger partial charge on any atom is 0.246 e. The van der Waals surface area contributed by atoms with Gasteiger partial charge in [-0.25, -0.2) is 12.8 Å². The van der Waals surface area contributed by atoms with E-state index in [2.05, 4.69) is 22.9 Å². The standard InChI is InChI=1S/C13H17BrClFN2O2S/c1-8-3-2-5-18(6-4-8)21(19,20)10-7-9(15)11(14)13(17)12(10)16/h7-8H,2-6,17H2,1H3. The molecule has 0 aromatic heterocycles. The Morgan fingerprint density at radius 2 is 2.10 bits per heavy atom. The lowest BCUT2D eigenvalue weighted by Gasteiger charge is -2.21. The number of nitrogens with two attached hydrogens (primary N) is 1. The van der Waals surface area contributed by atoms with Crippen molar-refractivity contribution in [2.24, 2.45) is 5.92 Å². The summed E-state index contributed by atoms with van der Waals surface area (Å²) in [5.41, 5.74) is 5.29. The Morgan fingerprint density at radius 3 is 2.76 bits per heavy atom. The van der Waals surface area contributed by atoms with Crippen molar-refractivity contribution in [1.29, 1.82) is 0 Å². The van der Waals surface area contributed by atoms with Gasteiger partial charge < -0.3 is 5.73 Å². The van der Waals surface area contributed by atoms with Crippen LogP contribution < -0.4 is 5.73 Å². The van der Waals surface area contributed by atoms with Crippen molar-refractivity contribution in [3.8, 4) is 0 Å². The molecule has 1 aromatic rings. The van der Waals surface area contributed by atoms with Crippen molar-refractivity contribution in [2.75, 3.05) is 18.8 Å². The lowest BCUT2D eigenvalue weighted by Crippen LogP contribution is -2.32. The van der Waals surface area contributed by atoms with Crippen LogP contribution in [0.3, 0.4) is 0 Å². The highest BCUT2D eigenvalue weighted by molar-refractivity contribution is 9.10. The first-order chi connectivity index (χ1) is 9.75. The molecule has 0 saturated carbocycles. The number of anilines is 1. The molecular weight excluding hydrogens is 383 g/mol. The molecule has 118 valence electrons. The third-order valence-corrected chi connectivity index (χ3v) is 7.03. The van der Waals surface area contributed by atoms with E-state index in [0.29, 0.717) is 19.0 Å². The van der Waals surface area contributed by atoms with Gasteiger partial charge in [-0.15, -0.1) is 0 Å². The van der Waals surface area contributed by atoms with E-state index >= 15 is 0 Å². The Balaban J connectivity index is 2.45. The van der Waals surface area contributed by atoms with Crippen LogP contribution in [-0.2, 0) is 10.0 Å². The fraction of sp³-hybridized carbons (Fsp3) is 0.538. The third kappa shape index (κ3) is 3.36. The number of sulfonamides is 1. The molecule has 1 aliphatic rings. The normalized spacial score (nSPS) is 21.2. The summed E-state index contributed by atoms with van der Waals surface area (Å²) in [7, 11) is -3.93. The molecule has 8 heteroatoms. The zero-order valence-corrected chi connectivity index (χ0v) is 14.7. The number of hydrogen-bond acceptors (Lipinski definition) is 3. The number of benzene rings is 1. The smallest absolute Gasteiger partial charge is 0.246 e. The molecule has 2 rings (SSSR count). The summed E-state index contributed by atoms with van der Waals surface area (Å²) >= 11 is 8.96. The molecule has 2 N–H and O–H groups in total. The van der Waals surface area contributed by atoms with Crippen molar-refractivity contribution in [3.05, 3.63) is 21.4 Å². The quantitative estimate of drug-likeness (QED) is 0.610. The number of halogens is 3. The number of nitrogens with zero attached hydrogens (tertiary/aromatic N) is 1. The van der Waals surface area contributed by atoms with Crippen LogP contribution in [0.4, 0.5) is 10.1 Å². The van der Waals surface area contributed by atoms with Crippen LogP contribution in [0.1, 0.15) is 26.2 Å². The van der Waals surface area contributed by atoms with Gasteiger partial charge in [-0.2, -0.15) is 4.31 Å². The van der Waals surface area contributed by atoms with Crippen LogP contribution in [0.2, 0.25) is 5.02 Å². The second-order valence-electron chi connectivity index (χ2n) is 5.34. The van der Waals surface area contributed by atoms with E-state index in [1.807, 2.05) is 0 Å². The molecule has 0 spiro atoms. The van der Waals surface area contributed by atoms with E-state index in [4.69, 9.17) is 17.3 Å². The molecule has 0 radical (unpaired) electrons. The van der Waals surface area contributed by atoms with E-state index in [-0.39, 0.29) is 15.2 Å². The lowest BCUT2D eigenvalue weighted by atomic mass is 10.0. The maximum absolute atomic E-state index is 14.3. The topological polar surface area (TPSA) is 63.4 Å². The Hall–Kier alpha value is -0.370. The number of hydrogen-bond donors (Lipinski definition) is 1. The van der Waals surface area contributed by atoms with Crippen LogP contribution in [0.25, 0.3) is 0 Å². The Labute approximate surface area is 137 Å². The SMILES string of the molecule is CC1CCCN(S(=O)(=O)c2cc(Cl)c(Br)c(N)c2F)CC1. The zero-order chi connectivity index (χ0) is 15.8. The largest absolute Gasteiger partial charge is 0.395 e. The number of rotatable bonds is 2. The van der Waals surface area contributed by atoms with Gasteiger partial charge in [0.15, 0.2) is 5.82 Å². The molecular formula is C13H17BrClFN2O2S. The summed E-state index contributed by atoms with van der Waals surface area (Å²) in [5, 5.41) is 0.0793. The second-order valence-corrected chi connectivity index (χ2v) is 8.44. The summed E-state index contributed by atoms with van der Waals surface area (Å²) in [5.74, 6) is -0.489. The molecule has 0 amide bonds. The minimum atomic E-state index is -3.93.